The van der Waals surface area contributed by atoms with Gasteiger partial charge in [-0.15, -0.1) is 0 Å². The maximum Gasteiger partial charge on any atom is 0.338 e. The number of amides is 1. The van der Waals surface area contributed by atoms with Gasteiger partial charge in [0.1, 0.15) is 11.8 Å². The summed E-state index contributed by atoms with van der Waals surface area (Å²) in [6.45, 7) is 3.77. The second-order valence-corrected chi connectivity index (χ2v) is 6.25. The number of hydrogen-bond acceptors (Lipinski definition) is 6. The summed E-state index contributed by atoms with van der Waals surface area (Å²) in [5.41, 5.74) is 1.68. The Morgan fingerprint density at radius 2 is 2.17 bits per heavy atom. The van der Waals surface area contributed by atoms with Crippen LogP contribution >= 0.6 is 11.8 Å². The van der Waals surface area contributed by atoms with E-state index in [2.05, 4.69) is 4.99 Å². The van der Waals surface area contributed by atoms with Gasteiger partial charge in [-0.05, 0) is 19.9 Å². The Hall–Kier alpha value is -2.28. The number of amidine groups is 1. The number of aliphatic imine (C=N–C) groups is 1. The first-order valence-electron chi connectivity index (χ1n) is 7.62. The Morgan fingerprint density at radius 3 is 2.88 bits per heavy atom. The second-order valence-electron chi connectivity index (χ2n) is 5.31. The Balaban J connectivity index is 2.18. The van der Waals surface area contributed by atoms with Crippen molar-refractivity contribution in [2.24, 2.45) is 4.99 Å². The van der Waals surface area contributed by atoms with Crippen LogP contribution in [0.4, 0.5) is 0 Å². The highest BCUT2D eigenvalue weighted by Crippen LogP contribution is 2.43. The predicted octanol–water partition coefficient (Wildman–Crippen LogP) is 2.52. The van der Waals surface area contributed by atoms with Crippen molar-refractivity contribution in [2.75, 3.05) is 19.5 Å². The van der Waals surface area contributed by atoms with Crippen LogP contribution in [0.1, 0.15) is 25.5 Å². The van der Waals surface area contributed by atoms with E-state index in [4.69, 9.17) is 9.47 Å². The number of esters is 1. The molecule has 6 nitrogen and oxygen atoms in total. The molecule has 0 N–H and O–H groups in total. The molecule has 1 fully saturated rings. The summed E-state index contributed by atoms with van der Waals surface area (Å²) in [6.07, 6.45) is 0. The highest BCUT2D eigenvalue weighted by Gasteiger charge is 2.44. The van der Waals surface area contributed by atoms with Crippen molar-refractivity contribution in [3.63, 3.8) is 0 Å². The van der Waals surface area contributed by atoms with Crippen molar-refractivity contribution in [3.8, 4) is 5.75 Å². The van der Waals surface area contributed by atoms with Crippen molar-refractivity contribution in [1.29, 1.82) is 0 Å². The van der Waals surface area contributed by atoms with E-state index in [1.54, 1.807) is 25.9 Å². The molecule has 0 radical (unpaired) electrons. The van der Waals surface area contributed by atoms with Gasteiger partial charge in [-0.2, -0.15) is 0 Å². The normalized spacial score (nSPS) is 20.0. The van der Waals surface area contributed by atoms with Gasteiger partial charge in [0.05, 0.1) is 30.7 Å². The van der Waals surface area contributed by atoms with Crippen LogP contribution in [-0.4, -0.2) is 41.4 Å². The van der Waals surface area contributed by atoms with E-state index in [1.165, 1.54) is 11.8 Å². The van der Waals surface area contributed by atoms with E-state index in [0.29, 0.717) is 27.9 Å². The number of ether oxygens (including phenoxy) is 2. The molecule has 2 aliphatic heterocycles. The zero-order valence-electron chi connectivity index (χ0n) is 13.7. The molecule has 3 rings (SSSR count). The van der Waals surface area contributed by atoms with Crippen LogP contribution < -0.4 is 4.74 Å². The van der Waals surface area contributed by atoms with Crippen molar-refractivity contribution >= 4 is 28.8 Å². The molecule has 0 aliphatic carbocycles. The van der Waals surface area contributed by atoms with Gasteiger partial charge >= 0.3 is 5.97 Å². The molecule has 126 valence electrons. The fourth-order valence-corrected chi connectivity index (χ4v) is 3.84. The Kier molecular flexibility index (Phi) is 4.62. The van der Waals surface area contributed by atoms with Crippen molar-refractivity contribution in [3.05, 3.63) is 41.1 Å². The number of methoxy groups -OCH3 is 1. The van der Waals surface area contributed by atoms with E-state index >= 15 is 0 Å². The summed E-state index contributed by atoms with van der Waals surface area (Å²) < 4.78 is 10.7. The van der Waals surface area contributed by atoms with Gasteiger partial charge in [0.2, 0.25) is 5.91 Å². The molecular weight excluding hydrogens is 328 g/mol. The van der Waals surface area contributed by atoms with E-state index in [-0.39, 0.29) is 12.5 Å². The molecule has 1 atom stereocenters. The summed E-state index contributed by atoms with van der Waals surface area (Å²) in [5, 5.41) is 0.612. The zero-order chi connectivity index (χ0) is 17.3. The molecule has 0 aromatic heterocycles. The maximum atomic E-state index is 12.6. The number of hydrogen-bond donors (Lipinski definition) is 0. The first kappa shape index (κ1) is 16.6. The molecule has 24 heavy (non-hydrogen) atoms. The lowest BCUT2D eigenvalue weighted by molar-refractivity contribution is -0.139. The van der Waals surface area contributed by atoms with Crippen LogP contribution in [0.3, 0.4) is 0 Å². The Bertz CT molecular complexity index is 757. The van der Waals surface area contributed by atoms with E-state index < -0.39 is 12.0 Å². The van der Waals surface area contributed by atoms with Gasteiger partial charge in [0.15, 0.2) is 5.17 Å². The zero-order valence-corrected chi connectivity index (χ0v) is 14.6. The number of allylic oxidation sites excluding steroid dienone is 1. The molecule has 0 spiro atoms. The Labute approximate surface area is 144 Å². The molecule has 1 amide bonds. The first-order valence-corrected chi connectivity index (χ1v) is 8.61. The smallest absolute Gasteiger partial charge is 0.338 e. The van der Waals surface area contributed by atoms with Crippen LogP contribution in [0, 0.1) is 0 Å². The van der Waals surface area contributed by atoms with Crippen LogP contribution in [0.25, 0.3) is 0 Å². The largest absolute Gasteiger partial charge is 0.496 e. The van der Waals surface area contributed by atoms with Crippen molar-refractivity contribution in [2.45, 2.75) is 19.9 Å². The number of fused-ring (bicyclic) bond motifs is 1. The molecule has 1 aromatic carbocycles. The fraction of sp³-hybridized carbons (Fsp3) is 0.353. The van der Waals surface area contributed by atoms with Crippen molar-refractivity contribution in [1.82, 2.24) is 4.90 Å². The van der Waals surface area contributed by atoms with Crippen LogP contribution in [0.15, 0.2) is 40.5 Å². The van der Waals surface area contributed by atoms with Crippen LogP contribution in [0.2, 0.25) is 0 Å². The summed E-state index contributed by atoms with van der Waals surface area (Å²) in [4.78, 5) is 31.0. The third-order valence-electron chi connectivity index (χ3n) is 3.91. The van der Waals surface area contributed by atoms with Gasteiger partial charge in [0.25, 0.3) is 0 Å². The molecule has 1 saturated heterocycles. The average Bonchev–Trinajstić information content (AvgIpc) is 2.94. The topological polar surface area (TPSA) is 68.2 Å². The molecule has 0 saturated carbocycles. The molecule has 7 heteroatoms. The number of para-hydroxylation sites is 1. The minimum absolute atomic E-state index is 0.0797. The average molecular weight is 346 g/mol. The molecular formula is C17H18N2O4S. The van der Waals surface area contributed by atoms with Gasteiger partial charge in [-0.25, -0.2) is 9.79 Å². The van der Waals surface area contributed by atoms with Crippen LogP contribution in [0.5, 0.6) is 5.75 Å². The fourth-order valence-electron chi connectivity index (χ4n) is 2.90. The highest BCUT2D eigenvalue weighted by atomic mass is 32.2. The highest BCUT2D eigenvalue weighted by molar-refractivity contribution is 8.15. The molecule has 0 bridgehead atoms. The summed E-state index contributed by atoms with van der Waals surface area (Å²) >= 11 is 1.38. The molecule has 2 aliphatic rings. The molecule has 1 unspecified atom stereocenters. The van der Waals surface area contributed by atoms with Gasteiger partial charge < -0.3 is 9.47 Å². The number of benzene rings is 1. The van der Waals surface area contributed by atoms with Crippen molar-refractivity contribution < 1.29 is 19.1 Å². The monoisotopic (exact) mass is 346 g/mol. The predicted molar refractivity (Wildman–Crippen MR) is 91.8 cm³/mol. The van der Waals surface area contributed by atoms with Crippen LogP contribution in [-0.2, 0) is 14.3 Å². The minimum Gasteiger partial charge on any atom is -0.496 e. The SMILES string of the molecule is CCOC(=O)C1=C(C)N=C2SCC(=O)N2C1c1ccccc1OC. The summed E-state index contributed by atoms with van der Waals surface area (Å²) in [7, 11) is 1.57. The standard InChI is InChI=1S/C17H18N2O4S/c1-4-23-16(21)14-10(2)18-17-19(13(20)9-24-17)15(14)11-7-5-6-8-12(11)22-3/h5-8,15H,4,9H2,1-3H3. The number of nitrogens with zero attached hydrogens (tertiary/aromatic N) is 2. The maximum absolute atomic E-state index is 12.6. The van der Waals surface area contributed by atoms with Gasteiger partial charge in [-0.1, -0.05) is 30.0 Å². The molecule has 2 heterocycles. The Morgan fingerprint density at radius 1 is 1.42 bits per heavy atom. The second kappa shape index (κ2) is 6.68. The number of rotatable bonds is 4. The quantitative estimate of drug-likeness (QED) is 0.784. The van der Waals surface area contributed by atoms with E-state index in [0.717, 1.165) is 5.56 Å². The first-order chi connectivity index (χ1) is 11.6. The third-order valence-corrected chi connectivity index (χ3v) is 4.85. The minimum atomic E-state index is -0.588. The number of carbonyl (C=O) groups is 2. The third kappa shape index (κ3) is 2.69. The lowest BCUT2D eigenvalue weighted by atomic mass is 9.93. The van der Waals surface area contributed by atoms with Gasteiger partial charge in [-0.3, -0.25) is 9.69 Å². The summed E-state index contributed by atoms with van der Waals surface area (Å²) in [5.74, 6) is 0.388. The van der Waals surface area contributed by atoms with E-state index in [9.17, 15) is 9.59 Å². The molecule has 1 aromatic rings. The number of carbonyl (C=O) groups excluding carboxylic acids is 2. The summed E-state index contributed by atoms with van der Waals surface area (Å²) in [6, 6.07) is 6.79. The lowest BCUT2D eigenvalue weighted by Crippen LogP contribution is -2.39. The van der Waals surface area contributed by atoms with E-state index in [1.807, 2.05) is 24.3 Å². The lowest BCUT2D eigenvalue weighted by Gasteiger charge is -2.33. The van der Waals surface area contributed by atoms with Gasteiger partial charge in [0, 0.05) is 5.56 Å². The number of thioether (sulfide) groups is 1.